The smallest absolute Gasteiger partial charge is 0.263 e. The van der Waals surface area contributed by atoms with Crippen molar-refractivity contribution in [3.63, 3.8) is 0 Å². The number of phenols is 1. The molecule has 168 valence electrons. The molecule has 0 aliphatic carbocycles. The van der Waals surface area contributed by atoms with Gasteiger partial charge in [0.1, 0.15) is 11.4 Å². The first-order chi connectivity index (χ1) is 15.9. The van der Waals surface area contributed by atoms with Crippen molar-refractivity contribution in [2.75, 3.05) is 7.11 Å². The molecule has 0 saturated carbocycles. The second-order valence-electron chi connectivity index (χ2n) is 7.10. The molecule has 2 aromatic carbocycles. The lowest BCUT2D eigenvalue weighted by atomic mass is 10.0. The normalized spacial score (nSPS) is 11.2. The molecule has 2 aromatic heterocycles. The lowest BCUT2D eigenvalue weighted by Gasteiger charge is -2.07. The van der Waals surface area contributed by atoms with Gasteiger partial charge < -0.3 is 9.84 Å². The number of thiophene rings is 1. The predicted molar refractivity (Wildman–Crippen MR) is 132 cm³/mol. The Morgan fingerprint density at radius 3 is 2.82 bits per heavy atom. The minimum Gasteiger partial charge on any atom is -0.503 e. The summed E-state index contributed by atoms with van der Waals surface area (Å²) in [7, 11) is 1.44. The van der Waals surface area contributed by atoms with Crippen LogP contribution >= 0.6 is 27.3 Å². The average molecular weight is 527 g/mol. The van der Waals surface area contributed by atoms with Crippen molar-refractivity contribution in [1.29, 1.82) is 0 Å². The van der Waals surface area contributed by atoms with Crippen LogP contribution in [0, 0.1) is 6.92 Å². The van der Waals surface area contributed by atoms with Gasteiger partial charge in [0.05, 0.1) is 29.5 Å². The number of carbonyl (C=O) groups is 1. The highest BCUT2D eigenvalue weighted by Crippen LogP contribution is 2.35. The second kappa shape index (κ2) is 9.55. The molecule has 0 aliphatic rings. The van der Waals surface area contributed by atoms with E-state index < -0.39 is 5.91 Å². The van der Waals surface area contributed by atoms with Gasteiger partial charge in [0.15, 0.2) is 11.5 Å². The Morgan fingerprint density at radius 1 is 1.33 bits per heavy atom. The number of hydrogen-bond acceptors (Lipinski definition) is 7. The zero-order valence-corrected chi connectivity index (χ0v) is 20.1. The van der Waals surface area contributed by atoms with Gasteiger partial charge in [-0.1, -0.05) is 30.3 Å². The molecule has 33 heavy (non-hydrogen) atoms. The van der Waals surface area contributed by atoms with E-state index in [1.54, 1.807) is 12.1 Å². The number of hydrogen-bond donors (Lipinski definition) is 2. The van der Waals surface area contributed by atoms with Gasteiger partial charge in [-0.25, -0.2) is 10.4 Å². The van der Waals surface area contributed by atoms with E-state index in [-0.39, 0.29) is 23.6 Å². The molecule has 0 atom stereocenters. The van der Waals surface area contributed by atoms with Crippen molar-refractivity contribution in [2.45, 2.75) is 13.5 Å². The van der Waals surface area contributed by atoms with Crippen molar-refractivity contribution >= 4 is 49.6 Å². The fourth-order valence-corrected chi connectivity index (χ4v) is 4.86. The summed E-state index contributed by atoms with van der Waals surface area (Å²) in [5, 5.41) is 14.3. The summed E-state index contributed by atoms with van der Waals surface area (Å²) in [6.07, 6.45) is 2.78. The molecule has 8 nitrogen and oxygen atoms in total. The summed E-state index contributed by atoms with van der Waals surface area (Å²) >= 11 is 4.68. The minimum atomic E-state index is -0.479. The third kappa shape index (κ3) is 4.67. The Balaban J connectivity index is 1.55. The Labute approximate surface area is 201 Å². The molecular formula is C23H19BrN4O4S. The van der Waals surface area contributed by atoms with E-state index in [0.717, 1.165) is 16.0 Å². The molecule has 0 unspecified atom stereocenters. The fourth-order valence-electron chi connectivity index (χ4n) is 3.40. The molecule has 2 N–H and O–H groups in total. The molecule has 1 amide bonds. The number of nitrogens with one attached hydrogen (secondary N) is 1. The van der Waals surface area contributed by atoms with E-state index in [9.17, 15) is 14.7 Å². The van der Waals surface area contributed by atoms with Crippen LogP contribution in [-0.4, -0.2) is 33.9 Å². The number of carbonyl (C=O) groups excluding carboxylic acids is 1. The molecule has 0 aliphatic heterocycles. The Morgan fingerprint density at radius 2 is 2.09 bits per heavy atom. The summed E-state index contributed by atoms with van der Waals surface area (Å²) in [6, 6.07) is 12.8. The Kier molecular flexibility index (Phi) is 6.57. The summed E-state index contributed by atoms with van der Waals surface area (Å²) in [5.41, 5.74) is 4.49. The number of benzene rings is 2. The number of hydrazone groups is 1. The van der Waals surface area contributed by atoms with Crippen LogP contribution in [0.15, 0.2) is 63.2 Å². The van der Waals surface area contributed by atoms with Crippen LogP contribution in [0.2, 0.25) is 0 Å². The highest BCUT2D eigenvalue weighted by atomic mass is 79.9. The quantitative estimate of drug-likeness (QED) is 0.291. The number of nitrogens with zero attached hydrogens (tertiary/aromatic N) is 3. The zero-order chi connectivity index (χ0) is 23.5. The third-order valence-corrected chi connectivity index (χ3v) is 6.52. The van der Waals surface area contributed by atoms with Crippen molar-refractivity contribution in [3.8, 4) is 22.6 Å². The number of aromatic hydroxyl groups is 1. The summed E-state index contributed by atoms with van der Waals surface area (Å²) in [4.78, 5) is 31.6. The first-order valence-electron chi connectivity index (χ1n) is 9.81. The van der Waals surface area contributed by atoms with Crippen LogP contribution in [0.4, 0.5) is 0 Å². The van der Waals surface area contributed by atoms with E-state index in [1.165, 1.54) is 35.6 Å². The van der Waals surface area contributed by atoms with Crippen LogP contribution in [0.3, 0.4) is 0 Å². The number of halogens is 1. The topological polar surface area (TPSA) is 106 Å². The van der Waals surface area contributed by atoms with Gasteiger partial charge in [0.2, 0.25) is 0 Å². The summed E-state index contributed by atoms with van der Waals surface area (Å²) in [6.45, 7) is 1.72. The van der Waals surface area contributed by atoms with E-state index in [1.807, 2.05) is 37.3 Å². The van der Waals surface area contributed by atoms with Crippen LogP contribution in [0.25, 0.3) is 21.3 Å². The zero-order valence-electron chi connectivity index (χ0n) is 17.7. The van der Waals surface area contributed by atoms with Crippen LogP contribution in [0.5, 0.6) is 11.5 Å². The van der Waals surface area contributed by atoms with E-state index in [4.69, 9.17) is 4.74 Å². The van der Waals surface area contributed by atoms with E-state index >= 15 is 0 Å². The number of methoxy groups -OCH3 is 1. The maximum atomic E-state index is 13.2. The fraction of sp³-hybridized carbons (Fsp3) is 0.130. The molecule has 0 radical (unpaired) electrons. The number of aryl methyl sites for hydroxylation is 1. The van der Waals surface area contributed by atoms with Gasteiger partial charge >= 0.3 is 0 Å². The highest BCUT2D eigenvalue weighted by Gasteiger charge is 2.17. The number of fused-ring (bicyclic) bond motifs is 1. The van der Waals surface area contributed by atoms with E-state index in [2.05, 4.69) is 31.4 Å². The number of amides is 1. The van der Waals surface area contributed by atoms with Crippen LogP contribution in [0.1, 0.15) is 10.4 Å². The first-order valence-corrected chi connectivity index (χ1v) is 11.4. The summed E-state index contributed by atoms with van der Waals surface area (Å²) in [5.74, 6) is -0.240. The average Bonchev–Trinajstić information content (AvgIpc) is 3.15. The lowest BCUT2D eigenvalue weighted by Crippen LogP contribution is -2.30. The monoisotopic (exact) mass is 526 g/mol. The third-order valence-electron chi connectivity index (χ3n) is 4.90. The molecule has 4 aromatic rings. The van der Waals surface area contributed by atoms with E-state index in [0.29, 0.717) is 20.3 Å². The molecule has 0 fully saturated rings. The molecule has 0 saturated heterocycles. The number of phenolic OH excluding ortho intramolecular Hbond substituents is 1. The van der Waals surface area contributed by atoms with Gasteiger partial charge in [0, 0.05) is 10.4 Å². The van der Waals surface area contributed by atoms with Gasteiger partial charge in [-0.15, -0.1) is 11.3 Å². The maximum Gasteiger partial charge on any atom is 0.263 e. The lowest BCUT2D eigenvalue weighted by molar-refractivity contribution is -0.121. The van der Waals surface area contributed by atoms with Crippen molar-refractivity contribution in [2.24, 2.45) is 5.10 Å². The van der Waals surface area contributed by atoms with Crippen molar-refractivity contribution in [3.05, 3.63) is 74.1 Å². The molecule has 0 spiro atoms. The number of aromatic nitrogens is 2. The Bertz CT molecular complexity index is 1430. The standard InChI is InChI=1S/C23H19BrN4O4S/c1-13-19(15-6-4-3-5-7-15)20-22(33-13)25-12-28(23(20)31)11-18(29)27-26-10-14-8-16(24)21(30)17(9-14)32-2/h3-10,12,30H,11H2,1-2H3,(H,27,29)/b26-10-. The largest absolute Gasteiger partial charge is 0.503 e. The van der Waals surface area contributed by atoms with Gasteiger partial charge in [0.25, 0.3) is 11.5 Å². The SMILES string of the molecule is COc1cc(/C=N\NC(=O)Cn2cnc3sc(C)c(-c4ccccc4)c3c2=O)cc(Br)c1O. The predicted octanol–water partition coefficient (Wildman–Crippen LogP) is 4.06. The van der Waals surface area contributed by atoms with Gasteiger partial charge in [-0.05, 0) is 46.1 Å². The first kappa shape index (κ1) is 22.7. The number of rotatable bonds is 6. The van der Waals surface area contributed by atoms with Crippen LogP contribution in [-0.2, 0) is 11.3 Å². The Hall–Kier alpha value is -3.50. The maximum absolute atomic E-state index is 13.2. The van der Waals surface area contributed by atoms with Crippen molar-refractivity contribution < 1.29 is 14.6 Å². The van der Waals surface area contributed by atoms with Gasteiger partial charge in [-0.2, -0.15) is 5.10 Å². The molecule has 2 heterocycles. The molecule has 0 bridgehead atoms. The molecular weight excluding hydrogens is 508 g/mol. The van der Waals surface area contributed by atoms with Crippen molar-refractivity contribution in [1.82, 2.24) is 15.0 Å². The molecule has 4 rings (SSSR count). The highest BCUT2D eigenvalue weighted by molar-refractivity contribution is 9.10. The molecule has 10 heteroatoms. The van der Waals surface area contributed by atoms with Gasteiger partial charge in [-0.3, -0.25) is 14.2 Å². The second-order valence-corrected chi connectivity index (χ2v) is 9.16. The summed E-state index contributed by atoms with van der Waals surface area (Å²) < 4.78 is 6.79. The van der Waals surface area contributed by atoms with Crippen LogP contribution < -0.4 is 15.7 Å². The number of ether oxygens (including phenoxy) is 1. The minimum absolute atomic E-state index is 0.0282.